The summed E-state index contributed by atoms with van der Waals surface area (Å²) >= 11 is 0. The van der Waals surface area contributed by atoms with Gasteiger partial charge in [-0.2, -0.15) is 5.10 Å². The summed E-state index contributed by atoms with van der Waals surface area (Å²) in [6, 6.07) is 0. The molecule has 0 aromatic carbocycles. The molecule has 0 saturated carbocycles. The maximum Gasteiger partial charge on any atom is 0.331 e. The van der Waals surface area contributed by atoms with E-state index < -0.39 is 17.1 Å². The van der Waals surface area contributed by atoms with E-state index in [1.54, 1.807) is 6.92 Å². The number of allylic oxidation sites excluding steroid dienone is 1. The molecule has 0 spiro atoms. The molecule has 108 valence electrons. The standard InChI is InChI=1S/C11H16N6O3/c1-3-5-17-9(19)7(8(18)14-11(17)20)6(4-2)15-16-10(12)13/h3,19H,1,4-5H2,2H3,(H4,12,13,16)(H,14,18,20)/b15-6+. The molecule has 9 nitrogen and oxygen atoms in total. The van der Waals surface area contributed by atoms with Crippen LogP contribution in [0.5, 0.6) is 5.88 Å². The van der Waals surface area contributed by atoms with Gasteiger partial charge in [-0.1, -0.05) is 13.0 Å². The number of nitrogens with zero attached hydrogens (tertiary/aromatic N) is 3. The Morgan fingerprint density at radius 2 is 2.10 bits per heavy atom. The average Bonchev–Trinajstić information content (AvgIpc) is 2.37. The Kier molecular flexibility index (Phi) is 4.84. The third kappa shape index (κ3) is 3.13. The summed E-state index contributed by atoms with van der Waals surface area (Å²) in [4.78, 5) is 25.5. The molecule has 9 heteroatoms. The van der Waals surface area contributed by atoms with Crippen molar-refractivity contribution in [1.29, 1.82) is 0 Å². The first-order valence-electron chi connectivity index (χ1n) is 5.75. The van der Waals surface area contributed by atoms with Crippen molar-refractivity contribution in [3.63, 3.8) is 0 Å². The average molecular weight is 280 g/mol. The SMILES string of the molecule is C=CCn1c(O)c(/C(CC)=N/N=C(N)N)c(=O)[nH]c1=O. The monoisotopic (exact) mass is 280 g/mol. The molecule has 1 aromatic rings. The predicted octanol–water partition coefficient (Wildman–Crippen LogP) is -1.18. The highest BCUT2D eigenvalue weighted by molar-refractivity contribution is 6.02. The van der Waals surface area contributed by atoms with Crippen LogP contribution in [0.15, 0.2) is 32.4 Å². The molecular weight excluding hydrogens is 264 g/mol. The zero-order chi connectivity index (χ0) is 15.3. The molecule has 0 aliphatic heterocycles. The topological polar surface area (TPSA) is 152 Å². The van der Waals surface area contributed by atoms with Crippen LogP contribution in [-0.4, -0.2) is 26.3 Å². The van der Waals surface area contributed by atoms with Gasteiger partial charge in [0.2, 0.25) is 11.8 Å². The zero-order valence-corrected chi connectivity index (χ0v) is 11.0. The maximum absolute atomic E-state index is 11.8. The molecule has 0 radical (unpaired) electrons. The van der Waals surface area contributed by atoms with Crippen molar-refractivity contribution in [2.24, 2.45) is 21.7 Å². The molecule has 0 fully saturated rings. The van der Waals surface area contributed by atoms with E-state index in [1.165, 1.54) is 6.08 Å². The number of nitrogens with two attached hydrogens (primary N) is 2. The molecule has 20 heavy (non-hydrogen) atoms. The minimum absolute atomic E-state index is 0.0355. The van der Waals surface area contributed by atoms with Gasteiger partial charge in [-0.15, -0.1) is 11.7 Å². The number of aromatic nitrogens is 2. The highest BCUT2D eigenvalue weighted by Gasteiger charge is 2.17. The first-order valence-corrected chi connectivity index (χ1v) is 5.75. The first kappa shape index (κ1) is 15.2. The van der Waals surface area contributed by atoms with Gasteiger partial charge in [-0.3, -0.25) is 14.3 Å². The van der Waals surface area contributed by atoms with Gasteiger partial charge in [0, 0.05) is 6.54 Å². The lowest BCUT2D eigenvalue weighted by atomic mass is 10.1. The van der Waals surface area contributed by atoms with E-state index in [2.05, 4.69) is 21.8 Å². The molecule has 0 bridgehead atoms. The van der Waals surface area contributed by atoms with E-state index in [-0.39, 0.29) is 30.2 Å². The van der Waals surface area contributed by atoms with Gasteiger partial charge < -0.3 is 16.6 Å². The van der Waals surface area contributed by atoms with Crippen molar-refractivity contribution < 1.29 is 5.11 Å². The van der Waals surface area contributed by atoms with Gasteiger partial charge in [0.05, 0.1) is 5.71 Å². The van der Waals surface area contributed by atoms with Gasteiger partial charge in [0.1, 0.15) is 5.56 Å². The van der Waals surface area contributed by atoms with Crippen LogP contribution in [0, 0.1) is 0 Å². The summed E-state index contributed by atoms with van der Waals surface area (Å²) in [5.41, 5.74) is 8.80. The van der Waals surface area contributed by atoms with Gasteiger partial charge >= 0.3 is 5.69 Å². The number of hydrogen-bond donors (Lipinski definition) is 4. The maximum atomic E-state index is 11.8. The number of aromatic hydroxyl groups is 1. The number of aromatic amines is 1. The minimum atomic E-state index is -0.765. The molecule has 1 heterocycles. The second-order valence-corrected chi connectivity index (χ2v) is 3.78. The van der Waals surface area contributed by atoms with E-state index in [4.69, 9.17) is 11.5 Å². The van der Waals surface area contributed by atoms with Crippen molar-refractivity contribution >= 4 is 11.7 Å². The summed E-state index contributed by atoms with van der Waals surface area (Å²) < 4.78 is 0.949. The normalized spacial score (nSPS) is 11.2. The lowest BCUT2D eigenvalue weighted by Gasteiger charge is -2.09. The number of guanidine groups is 1. The summed E-state index contributed by atoms with van der Waals surface area (Å²) in [6.45, 7) is 5.20. The number of hydrogen-bond acceptors (Lipinski definition) is 5. The summed E-state index contributed by atoms with van der Waals surface area (Å²) in [7, 11) is 0. The van der Waals surface area contributed by atoms with Crippen molar-refractivity contribution in [3.05, 3.63) is 39.1 Å². The third-order valence-electron chi connectivity index (χ3n) is 2.39. The molecule has 1 aromatic heterocycles. The summed E-state index contributed by atoms with van der Waals surface area (Å²) in [6.07, 6.45) is 1.68. The van der Waals surface area contributed by atoms with Gasteiger partial charge in [-0.05, 0) is 6.42 Å². The molecule has 0 aliphatic rings. The Morgan fingerprint density at radius 1 is 1.45 bits per heavy atom. The van der Waals surface area contributed by atoms with Crippen LogP contribution in [-0.2, 0) is 6.54 Å². The quantitative estimate of drug-likeness (QED) is 0.231. The number of H-pyrrole nitrogens is 1. The molecule has 0 amide bonds. The lowest BCUT2D eigenvalue weighted by molar-refractivity contribution is 0.409. The van der Waals surface area contributed by atoms with Crippen LogP contribution < -0.4 is 22.7 Å². The van der Waals surface area contributed by atoms with Crippen LogP contribution in [0.3, 0.4) is 0 Å². The van der Waals surface area contributed by atoms with E-state index >= 15 is 0 Å². The molecule has 1 rings (SSSR count). The Morgan fingerprint density at radius 3 is 2.60 bits per heavy atom. The molecule has 0 atom stereocenters. The summed E-state index contributed by atoms with van der Waals surface area (Å²) in [5.74, 6) is -0.795. The van der Waals surface area contributed by atoms with E-state index in [1.807, 2.05) is 0 Å². The van der Waals surface area contributed by atoms with E-state index in [0.29, 0.717) is 0 Å². The smallest absolute Gasteiger partial charge is 0.331 e. The van der Waals surface area contributed by atoms with Gasteiger partial charge in [0.15, 0.2) is 0 Å². The first-order chi connectivity index (χ1) is 9.42. The molecule has 0 unspecified atom stereocenters. The van der Waals surface area contributed by atoms with Crippen LogP contribution in [0.25, 0.3) is 0 Å². The Balaban J connectivity index is 3.59. The second-order valence-electron chi connectivity index (χ2n) is 3.78. The molecule has 0 aliphatic carbocycles. The highest BCUT2D eigenvalue weighted by atomic mass is 16.3. The molecule has 0 saturated heterocycles. The Hall–Kier alpha value is -2.84. The predicted molar refractivity (Wildman–Crippen MR) is 75.8 cm³/mol. The minimum Gasteiger partial charge on any atom is -0.494 e. The van der Waals surface area contributed by atoms with E-state index in [9.17, 15) is 14.7 Å². The molecular formula is C11H16N6O3. The van der Waals surface area contributed by atoms with Crippen LogP contribution in [0.1, 0.15) is 18.9 Å². The van der Waals surface area contributed by atoms with Gasteiger partial charge in [-0.25, -0.2) is 4.79 Å². The van der Waals surface area contributed by atoms with Crippen molar-refractivity contribution in [2.75, 3.05) is 0 Å². The fraction of sp³-hybridized carbons (Fsp3) is 0.273. The van der Waals surface area contributed by atoms with Crippen molar-refractivity contribution in [1.82, 2.24) is 9.55 Å². The lowest BCUT2D eigenvalue weighted by Crippen LogP contribution is -2.33. The second kappa shape index (κ2) is 6.36. The van der Waals surface area contributed by atoms with Crippen molar-refractivity contribution in [3.8, 4) is 5.88 Å². The highest BCUT2D eigenvalue weighted by Crippen LogP contribution is 2.13. The fourth-order valence-corrected chi connectivity index (χ4v) is 1.53. The summed E-state index contributed by atoms with van der Waals surface area (Å²) in [5, 5.41) is 17.2. The van der Waals surface area contributed by atoms with Gasteiger partial charge in [0.25, 0.3) is 5.56 Å². The van der Waals surface area contributed by atoms with Crippen LogP contribution >= 0.6 is 0 Å². The third-order valence-corrected chi connectivity index (χ3v) is 2.39. The Bertz CT molecular complexity index is 678. The van der Waals surface area contributed by atoms with E-state index in [0.717, 1.165) is 4.57 Å². The number of nitrogens with one attached hydrogen (secondary N) is 1. The largest absolute Gasteiger partial charge is 0.494 e. The van der Waals surface area contributed by atoms with Crippen LogP contribution in [0.2, 0.25) is 0 Å². The molecule has 6 N–H and O–H groups in total. The zero-order valence-electron chi connectivity index (χ0n) is 11.0. The number of rotatable bonds is 5. The van der Waals surface area contributed by atoms with Crippen LogP contribution in [0.4, 0.5) is 0 Å². The van der Waals surface area contributed by atoms with Crippen molar-refractivity contribution in [2.45, 2.75) is 19.9 Å². The Labute approximate surface area is 114 Å². The fourth-order valence-electron chi connectivity index (χ4n) is 1.53.